The van der Waals surface area contributed by atoms with Gasteiger partial charge in [0.15, 0.2) is 5.13 Å². The lowest BCUT2D eigenvalue weighted by Gasteiger charge is -2.26. The lowest BCUT2D eigenvalue weighted by atomic mass is 9.84. The van der Waals surface area contributed by atoms with Gasteiger partial charge in [0.1, 0.15) is 10.4 Å². The van der Waals surface area contributed by atoms with Crippen molar-refractivity contribution in [3.05, 3.63) is 55.1 Å². The second-order valence-corrected chi connectivity index (χ2v) is 11.0. The zero-order valence-electron chi connectivity index (χ0n) is 19.0. The van der Waals surface area contributed by atoms with Gasteiger partial charge in [0.25, 0.3) is 11.5 Å². The van der Waals surface area contributed by atoms with Crippen molar-refractivity contribution >= 4 is 50.8 Å². The molecule has 2 aromatic heterocycles. The highest BCUT2D eigenvalue weighted by Crippen LogP contribution is 2.31. The zero-order chi connectivity index (χ0) is 24.5. The molecule has 0 saturated heterocycles. The average molecular weight is 516 g/mol. The molecule has 0 radical (unpaired) electrons. The van der Waals surface area contributed by atoms with Crippen molar-refractivity contribution in [3.8, 4) is 0 Å². The molecule has 0 bridgehead atoms. The summed E-state index contributed by atoms with van der Waals surface area (Å²) in [4.78, 5) is 59.2. The summed E-state index contributed by atoms with van der Waals surface area (Å²) in [6.45, 7) is 0. The van der Waals surface area contributed by atoms with E-state index in [4.69, 9.17) is 11.6 Å². The van der Waals surface area contributed by atoms with E-state index in [1.807, 2.05) is 0 Å². The van der Waals surface area contributed by atoms with E-state index in [1.165, 1.54) is 18.3 Å². The van der Waals surface area contributed by atoms with Crippen LogP contribution in [0.3, 0.4) is 0 Å². The summed E-state index contributed by atoms with van der Waals surface area (Å²) in [5.41, 5.74) is -0.612. The first kappa shape index (κ1) is 23.7. The third-order valence-electron chi connectivity index (χ3n) is 6.71. The van der Waals surface area contributed by atoms with Gasteiger partial charge >= 0.3 is 5.69 Å². The Labute approximate surface area is 209 Å². The van der Waals surface area contributed by atoms with Gasteiger partial charge in [0, 0.05) is 11.6 Å². The fourth-order valence-electron chi connectivity index (χ4n) is 4.72. The second-order valence-electron chi connectivity index (χ2n) is 9.33. The van der Waals surface area contributed by atoms with E-state index in [1.54, 1.807) is 6.07 Å². The minimum atomic E-state index is -1.00. The van der Waals surface area contributed by atoms with E-state index in [0.717, 1.165) is 60.8 Å². The normalized spacial score (nSPS) is 17.3. The van der Waals surface area contributed by atoms with Gasteiger partial charge in [0.2, 0.25) is 5.91 Å². The molecule has 0 spiro atoms. The Morgan fingerprint density at radius 1 is 1.17 bits per heavy atom. The van der Waals surface area contributed by atoms with Crippen LogP contribution in [0.15, 0.2) is 34.0 Å². The quantitative estimate of drug-likeness (QED) is 0.440. The Kier molecular flexibility index (Phi) is 6.75. The number of carbonyl (C=O) groups is 2. The van der Waals surface area contributed by atoms with Crippen LogP contribution in [0.25, 0.3) is 10.9 Å². The lowest BCUT2D eigenvalue weighted by molar-refractivity contribution is -0.120. The molecule has 9 nitrogen and oxygen atoms in total. The van der Waals surface area contributed by atoms with E-state index < -0.39 is 23.2 Å². The van der Waals surface area contributed by atoms with Crippen molar-refractivity contribution < 1.29 is 9.59 Å². The molecule has 2 fully saturated rings. The highest BCUT2D eigenvalue weighted by molar-refractivity contribution is 7.19. The Bertz CT molecular complexity index is 1390. The molecular weight excluding hydrogens is 490 g/mol. The second kappa shape index (κ2) is 9.94. The molecule has 3 N–H and O–H groups in total. The smallest absolute Gasteiger partial charge is 0.329 e. The summed E-state index contributed by atoms with van der Waals surface area (Å²) < 4.78 is 1.43. The summed E-state index contributed by atoms with van der Waals surface area (Å²) in [6, 6.07) is 3.80. The van der Waals surface area contributed by atoms with Crippen molar-refractivity contribution in [1.82, 2.24) is 19.9 Å². The minimum Gasteiger partial charge on any atom is -0.349 e. The van der Waals surface area contributed by atoms with E-state index in [2.05, 4.69) is 20.6 Å². The number of carbonyl (C=O) groups excluding carboxylic acids is 2. The molecule has 2 saturated carbocycles. The number of halogens is 1. The molecule has 2 amide bonds. The van der Waals surface area contributed by atoms with Crippen molar-refractivity contribution in [2.45, 2.75) is 63.5 Å². The predicted octanol–water partition coefficient (Wildman–Crippen LogP) is 3.84. The van der Waals surface area contributed by atoms with E-state index >= 15 is 0 Å². The SMILES string of the molecule is O=C(NC1CC1)c1ccc2c(=O)n(C(CC3CCCCC3)C(=O)Nc3ncc(Cl)s3)c(=O)[nH]c2c1. The fraction of sp³-hybridized carbons (Fsp3) is 0.458. The molecule has 2 heterocycles. The molecule has 1 unspecified atom stereocenters. The van der Waals surface area contributed by atoms with Crippen LogP contribution in [0.5, 0.6) is 0 Å². The van der Waals surface area contributed by atoms with Crippen LogP contribution in [0.1, 0.15) is 67.8 Å². The van der Waals surface area contributed by atoms with Gasteiger partial charge in [-0.2, -0.15) is 0 Å². The van der Waals surface area contributed by atoms with Gasteiger partial charge in [-0.15, -0.1) is 0 Å². The van der Waals surface area contributed by atoms with Crippen molar-refractivity contribution in [2.24, 2.45) is 5.92 Å². The largest absolute Gasteiger partial charge is 0.349 e. The van der Waals surface area contributed by atoms with Gasteiger partial charge in [-0.25, -0.2) is 14.3 Å². The molecule has 11 heteroatoms. The minimum absolute atomic E-state index is 0.192. The highest BCUT2D eigenvalue weighted by Gasteiger charge is 2.30. The Morgan fingerprint density at radius 2 is 1.94 bits per heavy atom. The van der Waals surface area contributed by atoms with E-state index in [0.29, 0.717) is 21.5 Å². The Balaban J connectivity index is 1.51. The third-order valence-corrected chi connectivity index (χ3v) is 7.74. The monoisotopic (exact) mass is 515 g/mol. The first-order chi connectivity index (χ1) is 16.9. The number of hydrogen-bond donors (Lipinski definition) is 3. The number of nitrogens with one attached hydrogen (secondary N) is 3. The standard InChI is InChI=1S/C24H26ClN5O4S/c25-19-12-26-23(35-19)29-21(32)18(10-13-4-2-1-3-5-13)30-22(33)16-9-6-14(11-17(16)28-24(30)34)20(31)27-15-7-8-15/h6,9,11-13,15,18H,1-5,7-8,10H2,(H,27,31)(H,28,34)(H,26,29,32). The average Bonchev–Trinajstić information content (AvgIpc) is 3.57. The number of rotatable bonds is 7. The number of fused-ring (bicyclic) bond motifs is 1. The predicted molar refractivity (Wildman–Crippen MR) is 135 cm³/mol. The van der Waals surface area contributed by atoms with Gasteiger partial charge in [-0.3, -0.25) is 14.4 Å². The van der Waals surface area contributed by atoms with Crippen molar-refractivity contribution in [2.75, 3.05) is 5.32 Å². The molecule has 5 rings (SSSR count). The van der Waals surface area contributed by atoms with Crippen LogP contribution in [0, 0.1) is 5.92 Å². The first-order valence-electron chi connectivity index (χ1n) is 11.9. The molecule has 1 atom stereocenters. The van der Waals surface area contributed by atoms with Crippen LogP contribution < -0.4 is 21.9 Å². The van der Waals surface area contributed by atoms with Crippen LogP contribution >= 0.6 is 22.9 Å². The van der Waals surface area contributed by atoms with Crippen LogP contribution in [0.2, 0.25) is 4.34 Å². The summed E-state index contributed by atoms with van der Waals surface area (Å²) in [5, 5.41) is 6.17. The molecule has 0 aliphatic heterocycles. The van der Waals surface area contributed by atoms with Crippen LogP contribution in [-0.4, -0.2) is 32.4 Å². The molecule has 2 aliphatic carbocycles. The molecule has 3 aromatic rings. The fourth-order valence-corrected chi connectivity index (χ4v) is 5.54. The highest BCUT2D eigenvalue weighted by atomic mass is 35.5. The zero-order valence-corrected chi connectivity index (χ0v) is 20.6. The Morgan fingerprint density at radius 3 is 2.63 bits per heavy atom. The summed E-state index contributed by atoms with van der Waals surface area (Å²) >= 11 is 7.05. The number of aromatic nitrogens is 3. The number of nitrogens with zero attached hydrogens (tertiary/aromatic N) is 2. The molecule has 2 aliphatic rings. The van der Waals surface area contributed by atoms with Crippen LogP contribution in [0.4, 0.5) is 5.13 Å². The summed E-state index contributed by atoms with van der Waals surface area (Å²) in [5.74, 6) is -0.486. The number of aromatic amines is 1. The Hall–Kier alpha value is -2.98. The molecule has 184 valence electrons. The molecule has 1 aromatic carbocycles. The number of amides is 2. The van der Waals surface area contributed by atoms with Crippen LogP contribution in [-0.2, 0) is 4.79 Å². The van der Waals surface area contributed by atoms with E-state index in [9.17, 15) is 19.2 Å². The number of H-pyrrole nitrogens is 1. The maximum absolute atomic E-state index is 13.5. The van der Waals surface area contributed by atoms with Crippen molar-refractivity contribution in [1.29, 1.82) is 0 Å². The lowest BCUT2D eigenvalue weighted by Crippen LogP contribution is -2.43. The van der Waals surface area contributed by atoms with Gasteiger partial charge < -0.3 is 15.6 Å². The number of benzene rings is 1. The topological polar surface area (TPSA) is 126 Å². The molecule has 35 heavy (non-hydrogen) atoms. The molecular formula is C24H26ClN5O4S. The van der Waals surface area contributed by atoms with Crippen molar-refractivity contribution in [3.63, 3.8) is 0 Å². The maximum atomic E-state index is 13.5. The van der Waals surface area contributed by atoms with E-state index in [-0.39, 0.29) is 28.8 Å². The number of thiazole rings is 1. The van der Waals surface area contributed by atoms with Gasteiger partial charge in [-0.05, 0) is 43.4 Å². The maximum Gasteiger partial charge on any atom is 0.329 e. The summed E-state index contributed by atoms with van der Waals surface area (Å²) in [7, 11) is 0. The van der Waals surface area contributed by atoms with Gasteiger partial charge in [-0.1, -0.05) is 55.0 Å². The first-order valence-corrected chi connectivity index (χ1v) is 13.1. The van der Waals surface area contributed by atoms with Gasteiger partial charge in [0.05, 0.1) is 17.1 Å². The summed E-state index contributed by atoms with van der Waals surface area (Å²) in [6.07, 6.45) is 8.91. The third kappa shape index (κ3) is 5.33. The number of anilines is 1. The number of hydrogen-bond acceptors (Lipinski definition) is 6.